The first-order valence-corrected chi connectivity index (χ1v) is 7.40. The van der Waals surface area contributed by atoms with Gasteiger partial charge in [-0.15, -0.1) is 11.6 Å². The summed E-state index contributed by atoms with van der Waals surface area (Å²) in [6, 6.07) is 2.82. The van der Waals surface area contributed by atoms with Gasteiger partial charge < -0.3 is 4.90 Å². The number of pyridine rings is 1. The highest BCUT2D eigenvalue weighted by Crippen LogP contribution is 2.31. The number of likely N-dealkylation sites (N-methyl/N-ethyl adjacent to an activating group) is 1. The van der Waals surface area contributed by atoms with E-state index in [4.69, 9.17) is 11.6 Å². The Morgan fingerprint density at radius 1 is 1.37 bits per heavy atom. The average molecular weight is 284 g/mol. The highest BCUT2D eigenvalue weighted by atomic mass is 35.5. The van der Waals surface area contributed by atoms with E-state index in [1.54, 1.807) is 12.3 Å². The second-order valence-electron chi connectivity index (χ2n) is 5.53. The Morgan fingerprint density at radius 2 is 2.16 bits per heavy atom. The predicted octanol–water partition coefficient (Wildman–Crippen LogP) is 2.63. The van der Waals surface area contributed by atoms with Gasteiger partial charge in [0.25, 0.3) is 0 Å². The molecule has 3 heterocycles. The van der Waals surface area contributed by atoms with Crippen LogP contribution in [0.4, 0.5) is 10.2 Å². The normalized spacial score (nSPS) is 27.6. The molecule has 5 heteroatoms. The van der Waals surface area contributed by atoms with E-state index in [0.717, 1.165) is 19.5 Å². The summed E-state index contributed by atoms with van der Waals surface area (Å²) in [5.74, 6) is 0.415. The zero-order valence-electron chi connectivity index (χ0n) is 11.1. The third-order valence-electron chi connectivity index (χ3n) is 4.54. The third-order valence-corrected chi connectivity index (χ3v) is 4.83. The summed E-state index contributed by atoms with van der Waals surface area (Å²) < 4.78 is 14.3. The minimum atomic E-state index is -0.252. The van der Waals surface area contributed by atoms with E-state index < -0.39 is 0 Å². The van der Waals surface area contributed by atoms with E-state index in [-0.39, 0.29) is 11.7 Å². The largest absolute Gasteiger partial charge is 0.353 e. The van der Waals surface area contributed by atoms with Crippen LogP contribution in [0.5, 0.6) is 0 Å². The van der Waals surface area contributed by atoms with Gasteiger partial charge in [0.2, 0.25) is 0 Å². The molecule has 0 amide bonds. The van der Waals surface area contributed by atoms with Crippen LogP contribution in [0.25, 0.3) is 0 Å². The van der Waals surface area contributed by atoms with Crippen LogP contribution in [-0.4, -0.2) is 42.1 Å². The SMILES string of the molecule is CN1C2CCC1CN(c1nccc(CCl)c1F)CC2. The number of hydrogen-bond donors (Lipinski definition) is 0. The van der Waals surface area contributed by atoms with E-state index in [1.807, 2.05) is 0 Å². The molecule has 0 aliphatic carbocycles. The molecule has 2 saturated heterocycles. The van der Waals surface area contributed by atoms with E-state index in [2.05, 4.69) is 21.8 Å². The van der Waals surface area contributed by atoms with Crippen LogP contribution in [-0.2, 0) is 5.88 Å². The Labute approximate surface area is 118 Å². The predicted molar refractivity (Wildman–Crippen MR) is 75.2 cm³/mol. The van der Waals surface area contributed by atoms with E-state index in [0.29, 0.717) is 23.5 Å². The van der Waals surface area contributed by atoms with Crippen LogP contribution in [0.2, 0.25) is 0 Å². The smallest absolute Gasteiger partial charge is 0.170 e. The summed E-state index contributed by atoms with van der Waals surface area (Å²) in [6.07, 6.45) is 5.21. The molecule has 0 radical (unpaired) electrons. The summed E-state index contributed by atoms with van der Waals surface area (Å²) in [6.45, 7) is 1.74. The number of anilines is 1. The minimum absolute atomic E-state index is 0.196. The lowest BCUT2D eigenvalue weighted by Crippen LogP contribution is -2.37. The number of aromatic nitrogens is 1. The van der Waals surface area contributed by atoms with Crippen molar-refractivity contribution in [3.63, 3.8) is 0 Å². The lowest BCUT2D eigenvalue weighted by Gasteiger charge is -2.27. The quantitative estimate of drug-likeness (QED) is 0.778. The van der Waals surface area contributed by atoms with Gasteiger partial charge in [0, 0.05) is 36.9 Å². The van der Waals surface area contributed by atoms with Crippen molar-refractivity contribution in [3.05, 3.63) is 23.6 Å². The Balaban J connectivity index is 1.87. The molecular formula is C14H19ClFN3. The van der Waals surface area contributed by atoms with Gasteiger partial charge in [-0.2, -0.15) is 0 Å². The van der Waals surface area contributed by atoms with Crippen molar-refractivity contribution >= 4 is 17.4 Å². The number of nitrogens with zero attached hydrogens (tertiary/aromatic N) is 3. The van der Waals surface area contributed by atoms with Crippen LogP contribution in [0.15, 0.2) is 12.3 Å². The lowest BCUT2D eigenvalue weighted by atomic mass is 10.1. The average Bonchev–Trinajstić information content (AvgIpc) is 2.64. The number of fused-ring (bicyclic) bond motifs is 2. The van der Waals surface area contributed by atoms with Crippen LogP contribution in [0, 0.1) is 5.82 Å². The molecule has 0 saturated carbocycles. The topological polar surface area (TPSA) is 19.4 Å². The zero-order chi connectivity index (χ0) is 13.4. The van der Waals surface area contributed by atoms with Crippen molar-refractivity contribution in [2.75, 3.05) is 25.0 Å². The fourth-order valence-corrected chi connectivity index (χ4v) is 3.50. The van der Waals surface area contributed by atoms with E-state index in [9.17, 15) is 4.39 Å². The molecule has 2 bridgehead atoms. The summed E-state index contributed by atoms with van der Waals surface area (Å²) in [5, 5.41) is 0. The van der Waals surface area contributed by atoms with Crippen molar-refractivity contribution in [3.8, 4) is 0 Å². The molecule has 1 aromatic heterocycles. The second kappa shape index (κ2) is 5.25. The van der Waals surface area contributed by atoms with E-state index >= 15 is 0 Å². The lowest BCUT2D eigenvalue weighted by molar-refractivity contribution is 0.254. The van der Waals surface area contributed by atoms with Crippen LogP contribution in [0.1, 0.15) is 24.8 Å². The fourth-order valence-electron chi connectivity index (χ4n) is 3.30. The van der Waals surface area contributed by atoms with Crippen LogP contribution >= 0.6 is 11.6 Å². The monoisotopic (exact) mass is 283 g/mol. The third kappa shape index (κ3) is 2.32. The zero-order valence-corrected chi connectivity index (χ0v) is 11.9. The number of rotatable bonds is 2. The fraction of sp³-hybridized carbons (Fsp3) is 0.643. The number of halogens is 2. The molecule has 2 atom stereocenters. The summed E-state index contributed by atoms with van der Waals surface area (Å²) in [4.78, 5) is 8.77. The molecule has 3 nitrogen and oxygen atoms in total. The molecule has 2 unspecified atom stereocenters. The molecule has 19 heavy (non-hydrogen) atoms. The van der Waals surface area contributed by atoms with Crippen molar-refractivity contribution in [1.29, 1.82) is 0 Å². The maximum Gasteiger partial charge on any atom is 0.170 e. The van der Waals surface area contributed by atoms with Crippen LogP contribution in [0.3, 0.4) is 0 Å². The summed E-state index contributed by atoms with van der Waals surface area (Å²) in [5.41, 5.74) is 0.537. The van der Waals surface area contributed by atoms with Gasteiger partial charge in [-0.25, -0.2) is 9.37 Å². The van der Waals surface area contributed by atoms with Gasteiger partial charge in [-0.3, -0.25) is 4.90 Å². The molecule has 0 aromatic carbocycles. The molecule has 2 fully saturated rings. The van der Waals surface area contributed by atoms with Gasteiger partial charge in [0.1, 0.15) is 0 Å². The summed E-state index contributed by atoms with van der Waals surface area (Å²) >= 11 is 5.77. The number of alkyl halides is 1. The maximum absolute atomic E-state index is 14.3. The van der Waals surface area contributed by atoms with Gasteiger partial charge >= 0.3 is 0 Å². The first-order chi connectivity index (χ1) is 9.20. The second-order valence-corrected chi connectivity index (χ2v) is 5.79. The molecule has 2 aliphatic rings. The van der Waals surface area contributed by atoms with Crippen molar-refractivity contribution in [1.82, 2.24) is 9.88 Å². The Bertz CT molecular complexity index is 468. The van der Waals surface area contributed by atoms with Gasteiger partial charge in [0.05, 0.1) is 5.88 Å². The standard InChI is InChI=1S/C14H19ClFN3/c1-18-11-2-3-12(18)9-19(7-5-11)14-13(16)10(8-15)4-6-17-14/h4,6,11-12H,2-3,5,7-9H2,1H3. The molecule has 3 rings (SSSR count). The van der Waals surface area contributed by atoms with Crippen molar-refractivity contribution in [2.24, 2.45) is 0 Å². The number of hydrogen-bond acceptors (Lipinski definition) is 3. The Morgan fingerprint density at radius 3 is 2.95 bits per heavy atom. The van der Waals surface area contributed by atoms with Gasteiger partial charge in [-0.1, -0.05) is 0 Å². The molecule has 0 N–H and O–H groups in total. The van der Waals surface area contributed by atoms with Crippen molar-refractivity contribution < 1.29 is 4.39 Å². The van der Waals surface area contributed by atoms with Crippen molar-refractivity contribution in [2.45, 2.75) is 37.2 Å². The molecule has 0 spiro atoms. The first kappa shape index (κ1) is 13.1. The highest BCUT2D eigenvalue weighted by molar-refractivity contribution is 6.17. The van der Waals surface area contributed by atoms with Gasteiger partial charge in [0.15, 0.2) is 11.6 Å². The molecule has 104 valence electrons. The minimum Gasteiger partial charge on any atom is -0.353 e. The molecular weight excluding hydrogens is 265 g/mol. The van der Waals surface area contributed by atoms with Crippen LogP contribution < -0.4 is 4.90 Å². The van der Waals surface area contributed by atoms with Gasteiger partial charge in [-0.05, 0) is 32.4 Å². The Hall–Kier alpha value is -0.870. The highest BCUT2D eigenvalue weighted by Gasteiger charge is 2.35. The summed E-state index contributed by atoms with van der Waals surface area (Å²) in [7, 11) is 2.19. The Kier molecular flexibility index (Phi) is 3.63. The van der Waals surface area contributed by atoms with E-state index in [1.165, 1.54) is 12.8 Å². The molecule has 2 aliphatic heterocycles. The molecule has 1 aromatic rings. The first-order valence-electron chi connectivity index (χ1n) is 6.87. The maximum atomic E-state index is 14.3.